The lowest BCUT2D eigenvalue weighted by Gasteiger charge is -2.28. The smallest absolute Gasteiger partial charge is 0.306 e. The molecule has 0 spiro atoms. The van der Waals surface area contributed by atoms with Crippen LogP contribution in [0, 0.1) is 0 Å². The Morgan fingerprint density at radius 1 is 0.325 bits per heavy atom. The molecule has 9 nitrogen and oxygen atoms in total. The lowest BCUT2D eigenvalue weighted by Crippen LogP contribution is -2.37. The molecule has 0 saturated carbocycles. The molecule has 0 aromatic rings. The molecule has 0 aliphatic heterocycles. The molecule has 2 unspecified atom stereocenters. The second-order valence-corrected chi connectivity index (χ2v) is 28.4. The van der Waals surface area contributed by atoms with Gasteiger partial charge in [0.15, 0.2) is 6.10 Å². The van der Waals surface area contributed by atoms with Gasteiger partial charge in [-0.3, -0.25) is 14.2 Å². The number of nitrogens with zero attached hydrogens (tertiary/aromatic N) is 1. The number of unbranched alkanes of at least 4 members (excludes halogenated alkanes) is 57. The van der Waals surface area contributed by atoms with Gasteiger partial charge in [-0.05, 0) is 12.8 Å². The summed E-state index contributed by atoms with van der Waals surface area (Å²) in [6.07, 6.45) is 79.3. The fourth-order valence-corrected chi connectivity index (χ4v) is 12.4. The zero-order chi connectivity index (χ0) is 60.5. The molecule has 0 radical (unpaired) electrons. The molecule has 0 aromatic carbocycles. The van der Waals surface area contributed by atoms with Crippen LogP contribution in [0.15, 0.2) is 0 Å². The minimum atomic E-state index is -4.63. The Hall–Kier alpha value is -0.990. The second kappa shape index (κ2) is 65.5. The predicted molar refractivity (Wildman–Crippen MR) is 356 cm³/mol. The van der Waals surface area contributed by atoms with Crippen molar-refractivity contribution in [3.63, 3.8) is 0 Å². The van der Waals surface area contributed by atoms with Gasteiger partial charge in [-0.15, -0.1) is 0 Å². The zero-order valence-electron chi connectivity index (χ0n) is 56.7. The molecule has 0 N–H and O–H groups in total. The van der Waals surface area contributed by atoms with Crippen molar-refractivity contribution in [3.8, 4) is 0 Å². The number of hydrogen-bond acceptors (Lipinski definition) is 8. The van der Waals surface area contributed by atoms with E-state index in [0.29, 0.717) is 17.4 Å². The van der Waals surface area contributed by atoms with Crippen LogP contribution in [0.3, 0.4) is 0 Å². The molecular formula is C73H146NO8P. The van der Waals surface area contributed by atoms with Crippen LogP contribution in [-0.2, 0) is 32.7 Å². The van der Waals surface area contributed by atoms with E-state index >= 15 is 0 Å². The minimum Gasteiger partial charge on any atom is -0.756 e. The molecule has 0 bridgehead atoms. The van der Waals surface area contributed by atoms with Gasteiger partial charge in [-0.25, -0.2) is 0 Å². The van der Waals surface area contributed by atoms with Gasteiger partial charge in [-0.1, -0.05) is 380 Å². The number of esters is 2. The topological polar surface area (TPSA) is 111 Å². The molecule has 0 aliphatic carbocycles. The van der Waals surface area contributed by atoms with Gasteiger partial charge in [0, 0.05) is 12.8 Å². The van der Waals surface area contributed by atoms with Crippen molar-refractivity contribution in [1.29, 1.82) is 0 Å². The first kappa shape index (κ1) is 82.0. The van der Waals surface area contributed by atoms with Gasteiger partial charge in [-0.2, -0.15) is 0 Å². The molecule has 10 heteroatoms. The van der Waals surface area contributed by atoms with Crippen LogP contribution in [0.25, 0.3) is 0 Å². The summed E-state index contributed by atoms with van der Waals surface area (Å²) in [5.74, 6) is -0.803. The SMILES string of the molecule is CCCCCCCCCCCCCCCCCCCCCCCCCCCCCCCCCCCCCCC(=O)OC(COC(=O)CCCCCCCCCCCCCCCCCCCCCCCCC)COP(=O)([O-])OCC[N+](C)(C)C. The van der Waals surface area contributed by atoms with Crippen molar-refractivity contribution < 1.29 is 42.1 Å². The summed E-state index contributed by atoms with van der Waals surface area (Å²) in [4.78, 5) is 38.1. The number of carbonyl (C=O) groups is 2. The monoisotopic (exact) mass is 1200 g/mol. The molecule has 0 heterocycles. The number of ether oxygens (including phenoxy) is 2. The van der Waals surface area contributed by atoms with Crippen LogP contribution in [0.1, 0.15) is 406 Å². The van der Waals surface area contributed by atoms with Crippen molar-refractivity contribution >= 4 is 19.8 Å². The first-order valence-electron chi connectivity index (χ1n) is 37.2. The highest BCUT2D eigenvalue weighted by Crippen LogP contribution is 2.38. The minimum absolute atomic E-state index is 0.0248. The quantitative estimate of drug-likeness (QED) is 0.0256. The molecule has 2 atom stereocenters. The van der Waals surface area contributed by atoms with E-state index in [0.717, 1.165) is 32.1 Å². The second-order valence-electron chi connectivity index (χ2n) is 27.0. The van der Waals surface area contributed by atoms with Gasteiger partial charge in [0.1, 0.15) is 19.8 Å². The molecule has 0 aromatic heterocycles. The third kappa shape index (κ3) is 70.0. The third-order valence-electron chi connectivity index (χ3n) is 17.4. The number of carbonyl (C=O) groups excluding carboxylic acids is 2. The van der Waals surface area contributed by atoms with Gasteiger partial charge in [0.05, 0.1) is 27.7 Å². The number of rotatable bonds is 71. The zero-order valence-corrected chi connectivity index (χ0v) is 57.6. The lowest BCUT2D eigenvalue weighted by atomic mass is 10.0. The Morgan fingerprint density at radius 3 is 0.771 bits per heavy atom. The van der Waals surface area contributed by atoms with Gasteiger partial charge in [0.2, 0.25) is 0 Å². The molecular weight excluding hydrogens is 1050 g/mol. The Balaban J connectivity index is 3.90. The summed E-state index contributed by atoms with van der Waals surface area (Å²) >= 11 is 0. The summed E-state index contributed by atoms with van der Waals surface area (Å²) < 4.78 is 34.4. The van der Waals surface area contributed by atoms with Crippen LogP contribution in [-0.4, -0.2) is 70.0 Å². The molecule has 496 valence electrons. The van der Waals surface area contributed by atoms with Crippen LogP contribution >= 0.6 is 7.82 Å². The standard InChI is InChI=1S/C73H146NO8P/c1-6-8-10-12-14-16-18-20-22-24-26-28-30-31-32-33-34-35-36-37-38-39-40-41-42-44-46-48-50-52-54-56-58-60-62-64-66-73(76)82-71(70-81-83(77,78)80-68-67-74(3,4)5)69-79-72(75)65-63-61-59-57-55-53-51-49-47-45-43-29-27-25-23-21-19-17-15-13-11-9-7-2/h71H,6-70H2,1-5H3. The first-order chi connectivity index (χ1) is 40.5. The molecule has 0 aliphatic rings. The van der Waals surface area contributed by atoms with E-state index in [1.165, 1.54) is 340 Å². The maximum Gasteiger partial charge on any atom is 0.306 e. The number of phosphoric acid groups is 1. The molecule has 0 saturated heterocycles. The fraction of sp³-hybridized carbons (Fsp3) is 0.973. The van der Waals surface area contributed by atoms with Crippen molar-refractivity contribution in [2.45, 2.75) is 412 Å². The van der Waals surface area contributed by atoms with E-state index in [9.17, 15) is 19.0 Å². The van der Waals surface area contributed by atoms with Crippen LogP contribution in [0.5, 0.6) is 0 Å². The number of likely N-dealkylation sites (N-methyl/N-ethyl adjacent to an activating group) is 1. The maximum absolute atomic E-state index is 12.9. The Kier molecular flexibility index (Phi) is 64.7. The Morgan fingerprint density at radius 2 is 0.542 bits per heavy atom. The average molecular weight is 1200 g/mol. The fourth-order valence-electron chi connectivity index (χ4n) is 11.7. The largest absolute Gasteiger partial charge is 0.756 e. The van der Waals surface area contributed by atoms with Crippen LogP contribution < -0.4 is 4.89 Å². The van der Waals surface area contributed by atoms with E-state index < -0.39 is 26.5 Å². The van der Waals surface area contributed by atoms with E-state index in [2.05, 4.69) is 13.8 Å². The number of quaternary nitrogens is 1. The summed E-state index contributed by atoms with van der Waals surface area (Å²) in [5.41, 5.74) is 0. The van der Waals surface area contributed by atoms with Crippen molar-refractivity contribution in [1.82, 2.24) is 0 Å². The van der Waals surface area contributed by atoms with E-state index in [1.54, 1.807) is 0 Å². The average Bonchev–Trinajstić information content (AvgIpc) is 3.49. The van der Waals surface area contributed by atoms with E-state index in [1.807, 2.05) is 21.1 Å². The maximum atomic E-state index is 12.9. The molecule has 83 heavy (non-hydrogen) atoms. The summed E-state index contributed by atoms with van der Waals surface area (Å²) in [6, 6.07) is 0. The predicted octanol–water partition coefficient (Wildman–Crippen LogP) is 23.5. The van der Waals surface area contributed by atoms with E-state index in [4.69, 9.17) is 18.5 Å². The summed E-state index contributed by atoms with van der Waals surface area (Å²) in [7, 11) is 1.20. The number of hydrogen-bond donors (Lipinski definition) is 0. The van der Waals surface area contributed by atoms with Gasteiger partial charge in [0.25, 0.3) is 7.82 Å². The highest BCUT2D eigenvalue weighted by molar-refractivity contribution is 7.45. The summed E-state index contributed by atoms with van der Waals surface area (Å²) in [6.45, 7) is 4.34. The third-order valence-corrected chi connectivity index (χ3v) is 18.3. The van der Waals surface area contributed by atoms with Crippen LogP contribution in [0.2, 0.25) is 0 Å². The Labute approximate surface area is 518 Å². The van der Waals surface area contributed by atoms with Crippen molar-refractivity contribution in [2.75, 3.05) is 47.5 Å². The number of phosphoric ester groups is 1. The molecule has 0 amide bonds. The van der Waals surface area contributed by atoms with E-state index in [-0.39, 0.29) is 32.0 Å². The van der Waals surface area contributed by atoms with Crippen molar-refractivity contribution in [2.24, 2.45) is 0 Å². The summed E-state index contributed by atoms with van der Waals surface area (Å²) in [5, 5.41) is 0. The highest BCUT2D eigenvalue weighted by Gasteiger charge is 2.22. The normalized spacial score (nSPS) is 13.0. The lowest BCUT2D eigenvalue weighted by molar-refractivity contribution is -0.870. The van der Waals surface area contributed by atoms with Crippen LogP contribution in [0.4, 0.5) is 0 Å². The molecule has 0 rings (SSSR count). The highest BCUT2D eigenvalue weighted by atomic mass is 31.2. The Bertz CT molecular complexity index is 1360. The first-order valence-corrected chi connectivity index (χ1v) is 38.7. The van der Waals surface area contributed by atoms with Gasteiger partial charge >= 0.3 is 11.9 Å². The van der Waals surface area contributed by atoms with Crippen molar-refractivity contribution in [3.05, 3.63) is 0 Å². The van der Waals surface area contributed by atoms with Gasteiger partial charge < -0.3 is 27.9 Å². The molecule has 0 fully saturated rings.